The minimum atomic E-state index is 0.206. The molecule has 2 aromatic rings. The van der Waals surface area contributed by atoms with Gasteiger partial charge < -0.3 is 10.6 Å². The highest BCUT2D eigenvalue weighted by molar-refractivity contribution is 7.80. The maximum absolute atomic E-state index is 5.35. The number of thiocarbonyl (C=S) groups is 1. The van der Waals surface area contributed by atoms with Crippen molar-refractivity contribution in [2.24, 2.45) is 0 Å². The van der Waals surface area contributed by atoms with Gasteiger partial charge in [0.2, 0.25) is 0 Å². The Morgan fingerprint density at radius 3 is 2.64 bits per heavy atom. The summed E-state index contributed by atoms with van der Waals surface area (Å²) in [6.07, 6.45) is 0.990. The molecule has 0 amide bonds. The van der Waals surface area contributed by atoms with Crippen molar-refractivity contribution in [3.8, 4) is 0 Å². The Balaban J connectivity index is 1.69. The quantitative estimate of drug-likeness (QED) is 0.635. The largest absolute Gasteiger partial charge is 0.363 e. The molecule has 2 N–H and O–H groups in total. The Hall–Kier alpha value is -1.88. The molecule has 22 heavy (non-hydrogen) atoms. The molecule has 0 fully saturated rings. The lowest BCUT2D eigenvalue weighted by Gasteiger charge is -2.17. The maximum atomic E-state index is 5.35. The number of nitrogens with zero attached hydrogens (tertiary/aromatic N) is 2. The van der Waals surface area contributed by atoms with E-state index in [0.29, 0.717) is 5.11 Å². The molecule has 2 rings (SSSR count). The van der Waals surface area contributed by atoms with Gasteiger partial charge in [-0.25, -0.2) is 0 Å². The topological polar surface area (TPSA) is 41.9 Å². The molecule has 1 aromatic heterocycles. The van der Waals surface area contributed by atoms with E-state index < -0.39 is 0 Å². The van der Waals surface area contributed by atoms with E-state index in [1.165, 1.54) is 11.3 Å². The summed E-state index contributed by atoms with van der Waals surface area (Å²) >= 11 is 5.35. The van der Waals surface area contributed by atoms with Gasteiger partial charge in [0.15, 0.2) is 5.11 Å². The maximum Gasteiger partial charge on any atom is 0.166 e. The van der Waals surface area contributed by atoms with Crippen molar-refractivity contribution in [3.05, 3.63) is 53.3 Å². The van der Waals surface area contributed by atoms with E-state index >= 15 is 0 Å². The molecule has 0 saturated carbocycles. The molecule has 1 atom stereocenters. The van der Waals surface area contributed by atoms with Gasteiger partial charge in [-0.15, -0.1) is 0 Å². The third-order valence-corrected chi connectivity index (χ3v) is 3.84. The molecule has 0 aliphatic rings. The Kier molecular flexibility index (Phi) is 5.95. The summed E-state index contributed by atoms with van der Waals surface area (Å²) in [5, 5.41) is 11.7. The van der Waals surface area contributed by atoms with Crippen LogP contribution in [0.4, 0.5) is 0 Å². The lowest BCUT2D eigenvalue weighted by molar-refractivity contribution is 0.555. The van der Waals surface area contributed by atoms with Gasteiger partial charge in [-0.05, 0) is 51.0 Å². The first kappa shape index (κ1) is 16.5. The summed E-state index contributed by atoms with van der Waals surface area (Å²) in [6.45, 7) is 7.96. The summed E-state index contributed by atoms with van der Waals surface area (Å²) in [5.74, 6) is 0. The highest BCUT2D eigenvalue weighted by Gasteiger charge is 2.06. The van der Waals surface area contributed by atoms with E-state index in [4.69, 9.17) is 12.2 Å². The fourth-order valence-corrected chi connectivity index (χ4v) is 2.68. The number of rotatable bonds is 6. The molecular weight excluding hydrogens is 292 g/mol. The van der Waals surface area contributed by atoms with Crippen LogP contribution in [-0.4, -0.2) is 21.4 Å². The summed E-state index contributed by atoms with van der Waals surface area (Å²) in [5.41, 5.74) is 3.50. The van der Waals surface area contributed by atoms with Gasteiger partial charge in [0, 0.05) is 18.8 Å². The molecule has 0 saturated heterocycles. The minimum Gasteiger partial charge on any atom is -0.363 e. The van der Waals surface area contributed by atoms with Crippen LogP contribution in [0.3, 0.4) is 0 Å². The van der Waals surface area contributed by atoms with Gasteiger partial charge in [-0.3, -0.25) is 4.68 Å². The lowest BCUT2D eigenvalue weighted by Crippen LogP contribution is -2.37. The second-order valence-electron chi connectivity index (χ2n) is 5.54. The normalized spacial score (nSPS) is 12.0. The van der Waals surface area contributed by atoms with Gasteiger partial charge in [-0.2, -0.15) is 5.10 Å². The summed E-state index contributed by atoms with van der Waals surface area (Å²) in [7, 11) is 0. The number of nitrogens with one attached hydrogen (secondary N) is 2. The molecule has 5 heteroatoms. The van der Waals surface area contributed by atoms with Gasteiger partial charge in [0.05, 0.1) is 11.7 Å². The van der Waals surface area contributed by atoms with Crippen molar-refractivity contribution in [3.63, 3.8) is 0 Å². The van der Waals surface area contributed by atoms with Crippen LogP contribution in [-0.2, 0) is 6.54 Å². The number of aromatic nitrogens is 2. The van der Waals surface area contributed by atoms with E-state index in [9.17, 15) is 0 Å². The molecule has 0 bridgehead atoms. The number of aryl methyl sites for hydroxylation is 3. The SMILES string of the molecule is Cc1cc(C)n(CCCNC(=S)NC(C)c2ccccc2)n1. The first-order valence-corrected chi connectivity index (χ1v) is 8.07. The molecule has 1 aromatic carbocycles. The van der Waals surface area contributed by atoms with E-state index in [1.807, 2.05) is 29.8 Å². The number of hydrogen-bond donors (Lipinski definition) is 2. The fourth-order valence-electron chi connectivity index (χ4n) is 2.40. The Bertz CT molecular complexity index is 606. The zero-order valence-corrected chi connectivity index (χ0v) is 14.3. The Labute approximate surface area is 137 Å². The predicted molar refractivity (Wildman–Crippen MR) is 94.9 cm³/mol. The van der Waals surface area contributed by atoms with Crippen LogP contribution >= 0.6 is 12.2 Å². The second-order valence-corrected chi connectivity index (χ2v) is 5.94. The van der Waals surface area contributed by atoms with Crippen molar-refractivity contribution in [2.75, 3.05) is 6.54 Å². The minimum absolute atomic E-state index is 0.206. The van der Waals surface area contributed by atoms with Crippen molar-refractivity contribution in [2.45, 2.75) is 39.8 Å². The standard InChI is InChI=1S/C17H24N4S/c1-13-12-14(2)21(20-13)11-7-10-18-17(22)19-15(3)16-8-5-4-6-9-16/h4-6,8-9,12,15H,7,10-11H2,1-3H3,(H2,18,19,22). The molecule has 1 heterocycles. The van der Waals surface area contributed by atoms with E-state index in [0.717, 1.165) is 25.2 Å². The summed E-state index contributed by atoms with van der Waals surface area (Å²) in [6, 6.07) is 12.6. The molecule has 4 nitrogen and oxygen atoms in total. The highest BCUT2D eigenvalue weighted by atomic mass is 32.1. The molecule has 0 radical (unpaired) electrons. The number of hydrogen-bond acceptors (Lipinski definition) is 2. The van der Waals surface area contributed by atoms with Crippen molar-refractivity contribution in [1.29, 1.82) is 0 Å². The summed E-state index contributed by atoms with van der Waals surface area (Å²) < 4.78 is 2.04. The van der Waals surface area contributed by atoms with E-state index in [2.05, 4.69) is 47.8 Å². The smallest absolute Gasteiger partial charge is 0.166 e. The van der Waals surface area contributed by atoms with Gasteiger partial charge in [0.25, 0.3) is 0 Å². The van der Waals surface area contributed by atoms with Crippen LogP contribution in [0.1, 0.15) is 36.3 Å². The average Bonchev–Trinajstić information content (AvgIpc) is 2.82. The molecule has 1 unspecified atom stereocenters. The van der Waals surface area contributed by atoms with Crippen LogP contribution in [0.5, 0.6) is 0 Å². The zero-order valence-electron chi connectivity index (χ0n) is 13.5. The zero-order chi connectivity index (χ0) is 15.9. The third-order valence-electron chi connectivity index (χ3n) is 3.58. The molecule has 0 aliphatic heterocycles. The molecular formula is C17H24N4S. The lowest BCUT2D eigenvalue weighted by atomic mass is 10.1. The summed E-state index contributed by atoms with van der Waals surface area (Å²) in [4.78, 5) is 0. The Morgan fingerprint density at radius 2 is 2.00 bits per heavy atom. The molecule has 0 aliphatic carbocycles. The highest BCUT2D eigenvalue weighted by Crippen LogP contribution is 2.10. The van der Waals surface area contributed by atoms with Crippen LogP contribution in [0, 0.1) is 13.8 Å². The first-order chi connectivity index (χ1) is 10.6. The predicted octanol–water partition coefficient (Wildman–Crippen LogP) is 3.12. The van der Waals surface area contributed by atoms with Crippen molar-refractivity contribution >= 4 is 17.3 Å². The van der Waals surface area contributed by atoms with E-state index in [-0.39, 0.29) is 6.04 Å². The number of benzene rings is 1. The Morgan fingerprint density at radius 1 is 1.27 bits per heavy atom. The van der Waals surface area contributed by atoms with Crippen molar-refractivity contribution in [1.82, 2.24) is 20.4 Å². The third kappa shape index (κ3) is 4.84. The van der Waals surface area contributed by atoms with Crippen LogP contribution in [0.15, 0.2) is 36.4 Å². The molecule has 118 valence electrons. The van der Waals surface area contributed by atoms with Gasteiger partial charge >= 0.3 is 0 Å². The fraction of sp³-hybridized carbons (Fsp3) is 0.412. The van der Waals surface area contributed by atoms with E-state index in [1.54, 1.807) is 0 Å². The monoisotopic (exact) mass is 316 g/mol. The van der Waals surface area contributed by atoms with Crippen LogP contribution < -0.4 is 10.6 Å². The molecule has 0 spiro atoms. The van der Waals surface area contributed by atoms with Crippen LogP contribution in [0.2, 0.25) is 0 Å². The average molecular weight is 316 g/mol. The van der Waals surface area contributed by atoms with Crippen molar-refractivity contribution < 1.29 is 0 Å². The van der Waals surface area contributed by atoms with Gasteiger partial charge in [-0.1, -0.05) is 30.3 Å². The first-order valence-electron chi connectivity index (χ1n) is 7.66. The second kappa shape index (κ2) is 7.94. The van der Waals surface area contributed by atoms with Gasteiger partial charge in [0.1, 0.15) is 0 Å². The van der Waals surface area contributed by atoms with Crippen LogP contribution in [0.25, 0.3) is 0 Å².